The minimum absolute atomic E-state index is 0.305. The summed E-state index contributed by atoms with van der Waals surface area (Å²) in [6.07, 6.45) is 4.12. The van der Waals surface area contributed by atoms with Crippen molar-refractivity contribution < 1.29 is 28.6 Å². The van der Waals surface area contributed by atoms with Gasteiger partial charge in [-0.15, -0.1) is 0 Å². The zero-order valence-electron chi connectivity index (χ0n) is 18.4. The van der Waals surface area contributed by atoms with Crippen molar-refractivity contribution in [1.29, 1.82) is 0 Å². The number of imide groups is 1. The summed E-state index contributed by atoms with van der Waals surface area (Å²) >= 11 is 0. The zero-order valence-corrected chi connectivity index (χ0v) is 18.4. The molecule has 1 saturated carbocycles. The van der Waals surface area contributed by atoms with Gasteiger partial charge in [-0.1, -0.05) is 13.3 Å². The van der Waals surface area contributed by atoms with Gasteiger partial charge in [0.1, 0.15) is 18.7 Å². The van der Waals surface area contributed by atoms with E-state index in [4.69, 9.17) is 14.2 Å². The van der Waals surface area contributed by atoms with Crippen LogP contribution < -0.4 is 20.1 Å². The highest BCUT2D eigenvalue weighted by Crippen LogP contribution is 2.37. The number of hydrogen-bond acceptors (Lipinski definition) is 6. The third kappa shape index (κ3) is 5.10. The van der Waals surface area contributed by atoms with Crippen LogP contribution in [0.2, 0.25) is 0 Å². The molecule has 2 fully saturated rings. The van der Waals surface area contributed by atoms with Crippen LogP contribution in [0.15, 0.2) is 18.2 Å². The van der Waals surface area contributed by atoms with E-state index in [0.717, 1.165) is 24.2 Å². The molecule has 170 valence electrons. The summed E-state index contributed by atoms with van der Waals surface area (Å²) in [5.74, 6) is 0.797. The smallest absolute Gasteiger partial charge is 0.325 e. The van der Waals surface area contributed by atoms with E-state index in [1.807, 2.05) is 0 Å². The fourth-order valence-electron chi connectivity index (χ4n) is 4.18. The summed E-state index contributed by atoms with van der Waals surface area (Å²) in [5, 5.41) is 5.56. The Morgan fingerprint density at radius 2 is 1.94 bits per heavy atom. The highest BCUT2D eigenvalue weighted by molar-refractivity contribution is 6.10. The summed E-state index contributed by atoms with van der Waals surface area (Å²) < 4.78 is 15.9. The van der Waals surface area contributed by atoms with Gasteiger partial charge >= 0.3 is 6.03 Å². The Hall–Kier alpha value is -2.81. The molecule has 1 aliphatic heterocycles. The monoisotopic (exact) mass is 433 g/mol. The van der Waals surface area contributed by atoms with Crippen LogP contribution in [0.1, 0.15) is 39.0 Å². The molecule has 9 nitrogen and oxygen atoms in total. The van der Waals surface area contributed by atoms with Crippen molar-refractivity contribution in [3.05, 3.63) is 18.2 Å². The molecule has 1 aromatic carbocycles. The van der Waals surface area contributed by atoms with Gasteiger partial charge in [0.05, 0.1) is 13.7 Å². The normalized spacial score (nSPS) is 23.1. The molecule has 2 N–H and O–H groups in total. The molecule has 0 aromatic heterocycles. The minimum Gasteiger partial charge on any atom is -0.493 e. The van der Waals surface area contributed by atoms with Gasteiger partial charge in [0.25, 0.3) is 5.91 Å². The third-order valence-corrected chi connectivity index (χ3v) is 6.08. The summed E-state index contributed by atoms with van der Waals surface area (Å²) in [6.45, 7) is 2.54. The van der Waals surface area contributed by atoms with E-state index >= 15 is 0 Å². The van der Waals surface area contributed by atoms with E-state index in [0.29, 0.717) is 49.2 Å². The summed E-state index contributed by atoms with van der Waals surface area (Å²) in [4.78, 5) is 39.0. The number of carbonyl (C=O) groups is 3. The quantitative estimate of drug-likeness (QED) is 0.458. The number of benzene rings is 1. The van der Waals surface area contributed by atoms with Gasteiger partial charge < -0.3 is 24.8 Å². The van der Waals surface area contributed by atoms with Gasteiger partial charge in [0.15, 0.2) is 11.5 Å². The molecule has 9 heteroatoms. The molecule has 1 aliphatic carbocycles. The second-order valence-electron chi connectivity index (χ2n) is 8.01. The molecule has 1 saturated heterocycles. The van der Waals surface area contributed by atoms with Crippen molar-refractivity contribution in [2.45, 2.75) is 44.6 Å². The SMILES string of the molecule is CCC1CCC2(CC1)NC(=O)N(CC(=O)Nc1ccc(OC)c(OCCOC)c1)C2=O. The number of nitrogens with one attached hydrogen (secondary N) is 2. The van der Waals surface area contributed by atoms with Gasteiger partial charge in [0.2, 0.25) is 5.91 Å². The number of hydrogen-bond donors (Lipinski definition) is 2. The first-order valence-electron chi connectivity index (χ1n) is 10.7. The minimum atomic E-state index is -0.856. The maximum Gasteiger partial charge on any atom is 0.325 e. The van der Waals surface area contributed by atoms with Crippen LogP contribution in [0.5, 0.6) is 11.5 Å². The van der Waals surface area contributed by atoms with Crippen molar-refractivity contribution >= 4 is 23.5 Å². The van der Waals surface area contributed by atoms with E-state index in [9.17, 15) is 14.4 Å². The average Bonchev–Trinajstić information content (AvgIpc) is 2.98. The molecule has 3 rings (SSSR count). The van der Waals surface area contributed by atoms with Crippen molar-refractivity contribution in [3.8, 4) is 11.5 Å². The Kier molecular flexibility index (Phi) is 7.37. The third-order valence-electron chi connectivity index (χ3n) is 6.08. The Labute approximate surface area is 182 Å². The number of methoxy groups -OCH3 is 2. The zero-order chi connectivity index (χ0) is 22.4. The van der Waals surface area contributed by atoms with Crippen LogP contribution in [0.4, 0.5) is 10.5 Å². The topological polar surface area (TPSA) is 106 Å². The van der Waals surface area contributed by atoms with E-state index in [1.54, 1.807) is 25.3 Å². The largest absolute Gasteiger partial charge is 0.493 e. The highest BCUT2D eigenvalue weighted by atomic mass is 16.5. The van der Waals surface area contributed by atoms with Gasteiger partial charge in [0, 0.05) is 18.9 Å². The Morgan fingerprint density at radius 1 is 1.19 bits per heavy atom. The lowest BCUT2D eigenvalue weighted by molar-refractivity contribution is -0.135. The lowest BCUT2D eigenvalue weighted by Crippen LogP contribution is -2.49. The number of amides is 4. The second kappa shape index (κ2) is 10.00. The van der Waals surface area contributed by atoms with Crippen molar-refractivity contribution in [1.82, 2.24) is 10.2 Å². The molecule has 0 bridgehead atoms. The van der Waals surface area contributed by atoms with Crippen molar-refractivity contribution in [2.75, 3.05) is 39.3 Å². The van der Waals surface area contributed by atoms with E-state index in [1.165, 1.54) is 7.11 Å². The molecule has 0 unspecified atom stereocenters. The molecule has 4 amide bonds. The van der Waals surface area contributed by atoms with Crippen LogP contribution in [0, 0.1) is 5.92 Å². The van der Waals surface area contributed by atoms with Gasteiger partial charge in [-0.25, -0.2) is 4.79 Å². The van der Waals surface area contributed by atoms with E-state index in [2.05, 4.69) is 17.6 Å². The number of nitrogens with zero attached hydrogens (tertiary/aromatic N) is 1. The summed E-state index contributed by atoms with van der Waals surface area (Å²) in [7, 11) is 3.10. The molecule has 0 atom stereocenters. The second-order valence-corrected chi connectivity index (χ2v) is 8.01. The Morgan fingerprint density at radius 3 is 2.58 bits per heavy atom. The molecule has 0 radical (unpaired) electrons. The molecule has 1 spiro atoms. The van der Waals surface area contributed by atoms with E-state index < -0.39 is 17.5 Å². The Bertz CT molecular complexity index is 819. The van der Waals surface area contributed by atoms with E-state index in [-0.39, 0.29) is 12.5 Å². The van der Waals surface area contributed by atoms with Gasteiger partial charge in [-0.05, 0) is 43.7 Å². The first-order chi connectivity index (χ1) is 14.9. The van der Waals surface area contributed by atoms with Crippen LogP contribution >= 0.6 is 0 Å². The molecular weight excluding hydrogens is 402 g/mol. The van der Waals surface area contributed by atoms with Crippen molar-refractivity contribution in [2.24, 2.45) is 5.92 Å². The Balaban J connectivity index is 1.62. The summed E-state index contributed by atoms with van der Waals surface area (Å²) in [5.41, 5.74) is -0.380. The molecule has 31 heavy (non-hydrogen) atoms. The van der Waals surface area contributed by atoms with Crippen LogP contribution in [0.25, 0.3) is 0 Å². The fourth-order valence-corrected chi connectivity index (χ4v) is 4.18. The van der Waals surface area contributed by atoms with Crippen LogP contribution in [-0.2, 0) is 14.3 Å². The predicted molar refractivity (Wildman–Crippen MR) is 114 cm³/mol. The van der Waals surface area contributed by atoms with Gasteiger partial charge in [-0.2, -0.15) is 0 Å². The number of carbonyl (C=O) groups excluding carboxylic acids is 3. The highest BCUT2D eigenvalue weighted by Gasteiger charge is 2.52. The molecule has 2 aliphatic rings. The predicted octanol–water partition coefficient (Wildman–Crippen LogP) is 2.55. The molecular formula is C22H31N3O6. The maximum absolute atomic E-state index is 13.0. The number of anilines is 1. The van der Waals surface area contributed by atoms with Gasteiger partial charge in [-0.3, -0.25) is 14.5 Å². The lowest BCUT2D eigenvalue weighted by Gasteiger charge is -2.34. The van der Waals surface area contributed by atoms with Crippen molar-refractivity contribution in [3.63, 3.8) is 0 Å². The number of ether oxygens (including phenoxy) is 3. The first kappa shape index (κ1) is 22.9. The average molecular weight is 434 g/mol. The van der Waals surface area contributed by atoms with Crippen LogP contribution in [-0.4, -0.2) is 62.3 Å². The number of rotatable bonds is 9. The fraction of sp³-hybridized carbons (Fsp3) is 0.591. The van der Waals surface area contributed by atoms with Crippen LogP contribution in [0.3, 0.4) is 0 Å². The molecule has 1 heterocycles. The standard InChI is InChI=1S/C22H31N3O6/c1-4-15-7-9-22(10-8-15)20(27)25(21(28)24-22)14-19(26)23-16-5-6-17(30-3)18(13-16)31-12-11-29-2/h5-6,13,15H,4,7-12,14H2,1-3H3,(H,23,26)(H,24,28). The summed E-state index contributed by atoms with van der Waals surface area (Å²) in [6, 6.07) is 4.46. The molecule has 1 aromatic rings. The first-order valence-corrected chi connectivity index (χ1v) is 10.7. The maximum atomic E-state index is 13.0. The lowest BCUT2D eigenvalue weighted by atomic mass is 9.75. The number of urea groups is 1.